The van der Waals surface area contributed by atoms with E-state index in [1.54, 1.807) is 11.3 Å². The fourth-order valence-corrected chi connectivity index (χ4v) is 22.0. The second-order valence-electron chi connectivity index (χ2n) is 26.4. The van der Waals surface area contributed by atoms with Crippen molar-refractivity contribution in [2.75, 3.05) is 19.6 Å². The quantitative estimate of drug-likeness (QED) is 0.175. The van der Waals surface area contributed by atoms with Crippen LogP contribution in [0.3, 0.4) is 0 Å². The van der Waals surface area contributed by atoms with E-state index in [4.69, 9.17) is 15.2 Å². The van der Waals surface area contributed by atoms with Crippen molar-refractivity contribution >= 4 is 11.9 Å². The lowest BCUT2D eigenvalue weighted by molar-refractivity contribution is -0.282. The number of allylic oxidation sites excluding steroid dienone is 4. The molecule has 362 valence electrons. The molecule has 3 saturated carbocycles. The molecular formula is C61H73N3O5. The van der Waals surface area contributed by atoms with Crippen LogP contribution < -0.4 is 5.73 Å². The minimum Gasteiger partial charge on any atom is -0.508 e. The van der Waals surface area contributed by atoms with E-state index in [-0.39, 0.29) is 53.5 Å². The molecular weight excluding hydrogens is 855 g/mol. The van der Waals surface area contributed by atoms with Gasteiger partial charge in [0.1, 0.15) is 11.2 Å². The van der Waals surface area contributed by atoms with E-state index in [1.165, 1.54) is 88.2 Å². The fourth-order valence-electron chi connectivity index (χ4n) is 22.0. The third-order valence-corrected chi connectivity index (χ3v) is 23.9. The Bertz CT molecular complexity index is 2730. The van der Waals surface area contributed by atoms with Crippen LogP contribution in [0.1, 0.15) is 156 Å². The Morgan fingerprint density at radius 3 is 2.65 bits per heavy atom. The molecule has 15 rings (SSSR count). The van der Waals surface area contributed by atoms with E-state index in [9.17, 15) is 5.11 Å². The second-order valence-corrected chi connectivity index (χ2v) is 26.4. The number of piperidine rings is 3. The molecule has 3 N–H and O–H groups in total. The molecule has 4 saturated heterocycles. The Hall–Kier alpha value is -3.80. The standard InChI is InChI=1S/C61H73N3O5/c1-32-12-13-37-27-43-33(2)25-38-16-17-44-40-26-41-31-63(44)52(38)49(43)42-18-22-59-55-54(65)48-36(28-45(41)64(30-40)53(48)39-10-6-21-58(29-39)19-3-4-20-58)9-5-8-35-15-14-34(11-7-23-62)47-51(35)61(59,69-56(47)66)46(24-32)60(59,50(37)42)57(67)68-55/h12-15,32-33,36-37,39-41,43-46,48-49,53,65H,3-4,6-8,10-11,16-31,62H2,1-2H3. The summed E-state index contributed by atoms with van der Waals surface area (Å²) in [5.74, 6) is 10.6. The average Bonchev–Trinajstić information content (AvgIpc) is 4.01. The maximum Gasteiger partial charge on any atom is 0.339 e. The zero-order valence-electron chi connectivity index (χ0n) is 41.2. The summed E-state index contributed by atoms with van der Waals surface area (Å²) in [5.41, 5.74) is 13.1. The van der Waals surface area contributed by atoms with Crippen molar-refractivity contribution in [3.63, 3.8) is 0 Å². The smallest absolute Gasteiger partial charge is 0.339 e. The van der Waals surface area contributed by atoms with Crippen LogP contribution in [0.25, 0.3) is 0 Å². The molecule has 0 amide bonds. The molecule has 0 aromatic heterocycles. The van der Waals surface area contributed by atoms with E-state index in [0.29, 0.717) is 96.4 Å². The third-order valence-electron chi connectivity index (χ3n) is 23.9. The molecule has 6 aliphatic heterocycles. The van der Waals surface area contributed by atoms with Crippen molar-refractivity contribution in [1.29, 1.82) is 0 Å². The summed E-state index contributed by atoms with van der Waals surface area (Å²) in [4.78, 5) is 38.0. The van der Waals surface area contributed by atoms with Crippen LogP contribution in [0.15, 0.2) is 58.2 Å². The predicted octanol–water partition coefficient (Wildman–Crippen LogP) is 10.2. The van der Waals surface area contributed by atoms with Crippen LogP contribution in [0.5, 0.6) is 0 Å². The van der Waals surface area contributed by atoms with E-state index in [0.717, 1.165) is 55.5 Å². The minimum atomic E-state index is -1.19. The summed E-state index contributed by atoms with van der Waals surface area (Å²) >= 11 is 0. The molecule has 0 radical (unpaired) electrons. The SMILES string of the molecule is CC1C=CC2CC3C(C)CC4=C5C3C3=C2C26C(=O)OC7=C(O)C8C(C#CCc9ccc(CCCN)c%10c9C(OC%10=O)(C2C1)C76CC3)CC1C2CC(CN1C8C1CCCC3(CCCC3)C1)C(CC4)N5C2. The molecule has 8 heteroatoms. The average molecular weight is 928 g/mol. The molecule has 8 aliphatic carbocycles. The zero-order chi connectivity index (χ0) is 46.1. The van der Waals surface area contributed by atoms with Crippen LogP contribution in [0, 0.1) is 93.2 Å². The van der Waals surface area contributed by atoms with Gasteiger partial charge in [-0.3, -0.25) is 9.69 Å². The maximum absolute atomic E-state index is 16.5. The van der Waals surface area contributed by atoms with Crippen molar-refractivity contribution < 1.29 is 24.2 Å². The van der Waals surface area contributed by atoms with Gasteiger partial charge in [0.25, 0.3) is 0 Å². The first-order chi connectivity index (χ1) is 33.6. The van der Waals surface area contributed by atoms with Gasteiger partial charge < -0.3 is 25.2 Å². The van der Waals surface area contributed by atoms with Crippen molar-refractivity contribution in [3.05, 3.63) is 80.5 Å². The van der Waals surface area contributed by atoms with Gasteiger partial charge in [-0.1, -0.05) is 80.4 Å². The monoisotopic (exact) mass is 928 g/mol. The van der Waals surface area contributed by atoms with Gasteiger partial charge in [-0.2, -0.15) is 0 Å². The molecule has 2 bridgehead atoms. The largest absolute Gasteiger partial charge is 0.508 e. The lowest BCUT2D eigenvalue weighted by atomic mass is 9.27. The van der Waals surface area contributed by atoms with Gasteiger partial charge in [0.05, 0.1) is 11.0 Å². The highest BCUT2D eigenvalue weighted by atomic mass is 16.6. The summed E-state index contributed by atoms with van der Waals surface area (Å²) in [6.07, 6.45) is 26.3. The number of carbonyl (C=O) groups is 2. The van der Waals surface area contributed by atoms with Crippen molar-refractivity contribution in [2.24, 2.45) is 87.1 Å². The first-order valence-electron chi connectivity index (χ1n) is 28.5. The first kappa shape index (κ1) is 41.8. The number of carbonyl (C=O) groups excluding carboxylic acids is 2. The number of aliphatic hydroxyl groups is 1. The Labute approximate surface area is 409 Å². The van der Waals surface area contributed by atoms with Gasteiger partial charge in [0.2, 0.25) is 0 Å². The van der Waals surface area contributed by atoms with Crippen molar-refractivity contribution in [3.8, 4) is 11.8 Å². The van der Waals surface area contributed by atoms with Crippen LogP contribution in [-0.2, 0) is 32.7 Å². The molecule has 8 nitrogen and oxygen atoms in total. The van der Waals surface area contributed by atoms with Gasteiger partial charge in [0.15, 0.2) is 11.4 Å². The molecule has 6 heterocycles. The molecule has 7 fully saturated rings. The van der Waals surface area contributed by atoms with Gasteiger partial charge in [-0.05, 0) is 173 Å². The van der Waals surface area contributed by atoms with Crippen molar-refractivity contribution in [2.45, 2.75) is 166 Å². The second kappa shape index (κ2) is 14.0. The number of hydrogen-bond acceptors (Lipinski definition) is 8. The van der Waals surface area contributed by atoms with Gasteiger partial charge in [0, 0.05) is 72.6 Å². The van der Waals surface area contributed by atoms with Gasteiger partial charge in [-0.15, -0.1) is 0 Å². The zero-order valence-corrected chi connectivity index (χ0v) is 41.2. The molecule has 17 unspecified atom stereocenters. The first-order valence-corrected chi connectivity index (χ1v) is 28.5. The van der Waals surface area contributed by atoms with E-state index in [2.05, 4.69) is 59.8 Å². The number of rotatable bonds is 4. The van der Waals surface area contributed by atoms with Crippen LogP contribution in [0.4, 0.5) is 0 Å². The summed E-state index contributed by atoms with van der Waals surface area (Å²) in [7, 11) is 0. The predicted molar refractivity (Wildman–Crippen MR) is 262 cm³/mol. The molecule has 14 aliphatic rings. The van der Waals surface area contributed by atoms with Crippen LogP contribution >= 0.6 is 0 Å². The lowest BCUT2D eigenvalue weighted by Gasteiger charge is -2.73. The Kier molecular flexibility index (Phi) is 8.49. The molecule has 17 atom stereocenters. The number of aryl methyl sites for hydroxylation is 1. The fraction of sp³-hybridized carbons (Fsp3) is 0.705. The normalized spacial score (nSPS) is 47.3. The van der Waals surface area contributed by atoms with E-state index < -0.39 is 16.4 Å². The summed E-state index contributed by atoms with van der Waals surface area (Å²) in [6, 6.07) is 5.44. The molecule has 1 aromatic carbocycles. The van der Waals surface area contributed by atoms with Crippen LogP contribution in [0.2, 0.25) is 0 Å². The van der Waals surface area contributed by atoms with Crippen LogP contribution in [-0.4, -0.2) is 64.6 Å². The number of benzene rings is 1. The number of nitrogens with zero attached hydrogens (tertiary/aromatic N) is 2. The molecule has 69 heavy (non-hydrogen) atoms. The Balaban J connectivity index is 1.04. The number of aliphatic hydroxyl groups excluding tert-OH is 1. The van der Waals surface area contributed by atoms with Gasteiger partial charge >= 0.3 is 11.9 Å². The molecule has 4 spiro atoms. The van der Waals surface area contributed by atoms with E-state index in [1.807, 2.05) is 0 Å². The highest BCUT2D eigenvalue weighted by molar-refractivity contribution is 6.01. The summed E-state index contributed by atoms with van der Waals surface area (Å²) in [6.45, 7) is 7.61. The number of ether oxygens (including phenoxy) is 2. The number of hydrogen-bond donors (Lipinski definition) is 2. The van der Waals surface area contributed by atoms with Crippen molar-refractivity contribution in [1.82, 2.24) is 9.80 Å². The van der Waals surface area contributed by atoms with Gasteiger partial charge in [-0.25, -0.2) is 4.79 Å². The topological polar surface area (TPSA) is 105 Å². The number of nitrogens with two attached hydrogens (primary N) is 1. The highest BCUT2D eigenvalue weighted by Crippen LogP contribution is 2.88. The third kappa shape index (κ3) is 4.81. The summed E-state index contributed by atoms with van der Waals surface area (Å²) in [5, 5.41) is 14.3. The van der Waals surface area contributed by atoms with E-state index >= 15 is 9.59 Å². The summed E-state index contributed by atoms with van der Waals surface area (Å²) < 4.78 is 14.8. The minimum absolute atomic E-state index is 0.0809. The highest BCUT2D eigenvalue weighted by Gasteiger charge is 2.94. The maximum atomic E-state index is 16.5. The lowest BCUT2D eigenvalue weighted by Crippen LogP contribution is -2.78. The Morgan fingerprint density at radius 1 is 0.928 bits per heavy atom. The Morgan fingerprint density at radius 2 is 1.78 bits per heavy atom. The number of fused-ring (bicyclic) bond motifs is 11. The molecule has 1 aromatic rings. The number of esters is 2.